The summed E-state index contributed by atoms with van der Waals surface area (Å²) in [5.41, 5.74) is 13.1. The fraction of sp³-hybridized carbons (Fsp3) is 0.360. The number of para-hydroxylation sites is 1. The van der Waals surface area contributed by atoms with Crippen LogP contribution in [0.4, 0.5) is 0 Å². The number of aliphatic carboxylic acids is 1. The number of fused-ring (bicyclic) bond motifs is 1. The fourth-order valence-electron chi connectivity index (χ4n) is 4.01. The van der Waals surface area contributed by atoms with Gasteiger partial charge >= 0.3 is 5.97 Å². The molecule has 4 amide bonds. The number of carbonyl (C=O) groups excluding carboxylic acids is 4. The molecule has 0 radical (unpaired) electrons. The summed E-state index contributed by atoms with van der Waals surface area (Å²) in [6.45, 7) is 0. The van der Waals surface area contributed by atoms with E-state index in [1.165, 1.54) is 12.5 Å². The van der Waals surface area contributed by atoms with Gasteiger partial charge in [0.25, 0.3) is 0 Å². The highest BCUT2D eigenvalue weighted by Crippen LogP contribution is 2.19. The van der Waals surface area contributed by atoms with E-state index in [-0.39, 0.29) is 31.4 Å². The van der Waals surface area contributed by atoms with Gasteiger partial charge < -0.3 is 42.5 Å². The standard InChI is InChI=1S/C25H32N8O6S/c26-16(11-40)22(35)32-19(7-13-9-29-17-4-2-1-3-15(13)17)24(37)31-18(5-6-21(27)34)23(36)33-20(25(38)39)8-14-10-28-12-30-14/h1-4,9-10,12,16,18-20,29,40H,5-8,11,26H2,(H2,27,34)(H,28,30)(H,31,37)(H,32,35)(H,33,36)(H,38,39). The number of rotatable bonds is 15. The van der Waals surface area contributed by atoms with E-state index in [0.29, 0.717) is 5.69 Å². The SMILES string of the molecule is NC(=O)CCC(NC(=O)C(Cc1c[nH]c2ccccc12)NC(=O)C(N)CS)C(=O)NC(Cc1cnc[nH]1)C(=O)O. The van der Waals surface area contributed by atoms with E-state index in [1.807, 2.05) is 24.3 Å². The minimum absolute atomic E-state index is 0.0316. The van der Waals surface area contributed by atoms with Gasteiger partial charge in [-0.2, -0.15) is 12.6 Å². The molecule has 4 atom stereocenters. The topological polar surface area (TPSA) is 238 Å². The smallest absolute Gasteiger partial charge is 0.326 e. The highest BCUT2D eigenvalue weighted by Gasteiger charge is 2.31. The second-order valence-corrected chi connectivity index (χ2v) is 9.53. The molecule has 14 nitrogen and oxygen atoms in total. The molecule has 40 heavy (non-hydrogen) atoms. The van der Waals surface area contributed by atoms with Crippen molar-refractivity contribution in [1.29, 1.82) is 0 Å². The predicted octanol–water partition coefficient (Wildman–Crippen LogP) is -1.26. The Bertz CT molecular complexity index is 1340. The van der Waals surface area contributed by atoms with Gasteiger partial charge in [-0.1, -0.05) is 18.2 Å². The van der Waals surface area contributed by atoms with Gasteiger partial charge in [-0.25, -0.2) is 9.78 Å². The number of nitrogens with zero attached hydrogens (tertiary/aromatic N) is 1. The highest BCUT2D eigenvalue weighted by molar-refractivity contribution is 7.80. The van der Waals surface area contributed by atoms with Crippen LogP contribution in [-0.4, -0.2) is 79.6 Å². The highest BCUT2D eigenvalue weighted by atomic mass is 32.1. The molecular weight excluding hydrogens is 540 g/mol. The Labute approximate surface area is 234 Å². The number of hydrogen-bond acceptors (Lipinski definition) is 8. The van der Waals surface area contributed by atoms with Crippen LogP contribution in [-0.2, 0) is 36.8 Å². The van der Waals surface area contributed by atoms with Crippen molar-refractivity contribution in [1.82, 2.24) is 30.9 Å². The number of H-pyrrole nitrogens is 2. The Morgan fingerprint density at radius 1 is 0.950 bits per heavy atom. The molecule has 3 aromatic rings. The molecule has 4 unspecified atom stereocenters. The number of hydrogen-bond donors (Lipinski definition) is 9. The first-order valence-electron chi connectivity index (χ1n) is 12.4. The number of nitrogens with two attached hydrogens (primary N) is 2. The zero-order valence-corrected chi connectivity index (χ0v) is 22.3. The van der Waals surface area contributed by atoms with Crippen LogP contribution in [0.15, 0.2) is 43.0 Å². The van der Waals surface area contributed by atoms with Crippen LogP contribution in [0, 0.1) is 0 Å². The summed E-state index contributed by atoms with van der Waals surface area (Å²) in [5.74, 6) is -4.21. The maximum absolute atomic E-state index is 13.5. The van der Waals surface area contributed by atoms with Crippen LogP contribution in [0.2, 0.25) is 0 Å². The summed E-state index contributed by atoms with van der Waals surface area (Å²) in [6, 6.07) is 2.55. The quantitative estimate of drug-likeness (QED) is 0.0993. The van der Waals surface area contributed by atoms with Crippen molar-refractivity contribution < 1.29 is 29.1 Å². The van der Waals surface area contributed by atoms with Gasteiger partial charge in [0.2, 0.25) is 23.6 Å². The van der Waals surface area contributed by atoms with Gasteiger partial charge in [-0.3, -0.25) is 19.2 Å². The fourth-order valence-corrected chi connectivity index (χ4v) is 4.17. The van der Waals surface area contributed by atoms with Crippen molar-refractivity contribution in [3.05, 3.63) is 54.2 Å². The van der Waals surface area contributed by atoms with Crippen LogP contribution in [0.25, 0.3) is 10.9 Å². The van der Waals surface area contributed by atoms with E-state index in [1.54, 1.807) is 6.20 Å². The van der Waals surface area contributed by atoms with Crippen LogP contribution in [0.3, 0.4) is 0 Å². The second kappa shape index (κ2) is 14.1. The zero-order valence-electron chi connectivity index (χ0n) is 21.4. The number of nitrogens with one attached hydrogen (secondary N) is 5. The molecule has 0 fully saturated rings. The summed E-state index contributed by atoms with van der Waals surface area (Å²) in [7, 11) is 0. The number of carboxylic acid groups (broad SMARTS) is 1. The number of thiol groups is 1. The molecule has 1 aromatic carbocycles. The van der Waals surface area contributed by atoms with Gasteiger partial charge in [0, 0.05) is 54.0 Å². The third kappa shape index (κ3) is 8.31. The van der Waals surface area contributed by atoms with Crippen LogP contribution in [0.1, 0.15) is 24.1 Å². The lowest BCUT2D eigenvalue weighted by Crippen LogP contribution is -2.58. The predicted molar refractivity (Wildman–Crippen MR) is 148 cm³/mol. The summed E-state index contributed by atoms with van der Waals surface area (Å²) in [5, 5.41) is 18.0. The van der Waals surface area contributed by atoms with Crippen LogP contribution in [0.5, 0.6) is 0 Å². The van der Waals surface area contributed by atoms with E-state index in [2.05, 4.69) is 43.5 Å². The van der Waals surface area contributed by atoms with Gasteiger partial charge in [0.1, 0.15) is 18.1 Å². The van der Waals surface area contributed by atoms with Gasteiger partial charge in [0.05, 0.1) is 12.4 Å². The number of carbonyl (C=O) groups is 5. The third-order valence-electron chi connectivity index (χ3n) is 6.17. The second-order valence-electron chi connectivity index (χ2n) is 9.16. The van der Waals surface area contributed by atoms with E-state index >= 15 is 0 Å². The van der Waals surface area contributed by atoms with E-state index < -0.39 is 53.8 Å². The number of benzene rings is 1. The summed E-state index contributed by atoms with van der Waals surface area (Å²) < 4.78 is 0. The Kier molecular flexibility index (Phi) is 10.7. The maximum atomic E-state index is 13.5. The number of primary amides is 1. The molecule has 3 rings (SSSR count). The number of aromatic nitrogens is 3. The normalized spacial score (nSPS) is 14.1. The monoisotopic (exact) mass is 572 g/mol. The molecule has 2 aromatic heterocycles. The van der Waals surface area contributed by atoms with E-state index in [9.17, 15) is 29.1 Å². The largest absolute Gasteiger partial charge is 0.480 e. The Balaban J connectivity index is 1.82. The molecule has 0 saturated carbocycles. The molecule has 214 valence electrons. The number of imidazole rings is 1. The van der Waals surface area contributed by atoms with Crippen molar-refractivity contribution in [2.24, 2.45) is 11.5 Å². The first kappa shape index (κ1) is 30.2. The molecule has 0 aliphatic carbocycles. The number of aromatic amines is 2. The molecule has 0 spiro atoms. The van der Waals surface area contributed by atoms with E-state index in [0.717, 1.165) is 16.5 Å². The molecule has 10 N–H and O–H groups in total. The Morgan fingerprint density at radius 3 is 2.27 bits per heavy atom. The van der Waals surface area contributed by atoms with Crippen molar-refractivity contribution in [2.75, 3.05) is 5.75 Å². The van der Waals surface area contributed by atoms with Crippen molar-refractivity contribution in [3.63, 3.8) is 0 Å². The maximum Gasteiger partial charge on any atom is 0.326 e. The number of amides is 4. The molecule has 0 aliphatic rings. The van der Waals surface area contributed by atoms with Crippen LogP contribution >= 0.6 is 12.6 Å². The lowest BCUT2D eigenvalue weighted by atomic mass is 10.0. The first-order valence-corrected chi connectivity index (χ1v) is 13.0. The molecular formula is C25H32N8O6S. The van der Waals surface area contributed by atoms with Gasteiger partial charge in [-0.15, -0.1) is 0 Å². The molecule has 0 aliphatic heterocycles. The minimum Gasteiger partial charge on any atom is -0.480 e. The minimum atomic E-state index is -1.35. The van der Waals surface area contributed by atoms with E-state index in [4.69, 9.17) is 11.5 Å². The van der Waals surface area contributed by atoms with Crippen molar-refractivity contribution in [2.45, 2.75) is 49.9 Å². The van der Waals surface area contributed by atoms with Gasteiger partial charge in [0.15, 0.2) is 0 Å². The summed E-state index contributed by atoms with van der Waals surface area (Å²) in [4.78, 5) is 72.2. The third-order valence-corrected chi connectivity index (χ3v) is 6.56. The lowest BCUT2D eigenvalue weighted by Gasteiger charge is -2.25. The number of carboxylic acids is 1. The van der Waals surface area contributed by atoms with Crippen molar-refractivity contribution >= 4 is 53.1 Å². The zero-order chi connectivity index (χ0) is 29.2. The molecule has 0 bridgehead atoms. The Morgan fingerprint density at radius 2 is 1.62 bits per heavy atom. The van der Waals surface area contributed by atoms with Crippen molar-refractivity contribution in [3.8, 4) is 0 Å². The van der Waals surface area contributed by atoms with Crippen LogP contribution < -0.4 is 27.4 Å². The molecule has 2 heterocycles. The molecule has 15 heteroatoms. The average molecular weight is 573 g/mol. The molecule has 0 saturated heterocycles. The first-order chi connectivity index (χ1) is 19.1. The summed E-state index contributed by atoms with van der Waals surface area (Å²) >= 11 is 4.03. The van der Waals surface area contributed by atoms with Gasteiger partial charge in [-0.05, 0) is 18.1 Å². The summed E-state index contributed by atoms with van der Waals surface area (Å²) in [6.07, 6.45) is 3.98. The lowest BCUT2D eigenvalue weighted by molar-refractivity contribution is -0.142. The average Bonchev–Trinajstić information content (AvgIpc) is 3.59. The Hall–Kier alpha value is -4.37.